The van der Waals surface area contributed by atoms with Gasteiger partial charge in [0.25, 0.3) is 0 Å². The number of allylic oxidation sites excluding steroid dienone is 1. The molecular weight excluding hydrogens is 340 g/mol. The molecule has 0 bridgehead atoms. The summed E-state index contributed by atoms with van der Waals surface area (Å²) in [5.74, 6) is 1.01. The van der Waals surface area contributed by atoms with Crippen molar-refractivity contribution in [3.8, 4) is 11.1 Å². The van der Waals surface area contributed by atoms with Gasteiger partial charge in [-0.3, -0.25) is 0 Å². The van der Waals surface area contributed by atoms with E-state index in [2.05, 4.69) is 80.6 Å². The molecule has 138 valence electrons. The standard InChI is InChI=1S/C27H24O/c1-3-6-19-10-13-20(14-11-19)26-18(2)9-12-21-15-23(16-25(21)26)27-24-8-5-4-7-22(24)17-28-27/h4-5,7-14,16-17H,3,6,15H2,1-2H3. The highest BCUT2D eigenvalue weighted by atomic mass is 16.3. The molecule has 0 spiro atoms. The van der Waals surface area contributed by atoms with Crippen molar-refractivity contribution in [1.29, 1.82) is 0 Å². The molecule has 0 saturated heterocycles. The minimum absolute atomic E-state index is 0.925. The first kappa shape index (κ1) is 17.1. The van der Waals surface area contributed by atoms with Crippen LogP contribution >= 0.6 is 0 Å². The summed E-state index contributed by atoms with van der Waals surface area (Å²) in [7, 11) is 0. The molecule has 0 amide bonds. The maximum Gasteiger partial charge on any atom is 0.138 e. The van der Waals surface area contributed by atoms with Crippen LogP contribution in [0.2, 0.25) is 0 Å². The van der Waals surface area contributed by atoms with Gasteiger partial charge in [0.05, 0.1) is 6.26 Å². The topological polar surface area (TPSA) is 13.1 Å². The lowest BCUT2D eigenvalue weighted by Gasteiger charge is -2.12. The Kier molecular flexibility index (Phi) is 4.16. The second-order valence-corrected chi connectivity index (χ2v) is 7.78. The first-order valence-electron chi connectivity index (χ1n) is 10.1. The van der Waals surface area contributed by atoms with Crippen LogP contribution in [0.1, 0.15) is 41.4 Å². The molecule has 1 heteroatoms. The van der Waals surface area contributed by atoms with Gasteiger partial charge in [-0.05, 0) is 52.8 Å². The molecule has 0 atom stereocenters. The summed E-state index contributed by atoms with van der Waals surface area (Å²) < 4.78 is 5.98. The van der Waals surface area contributed by atoms with E-state index in [1.54, 1.807) is 0 Å². The van der Waals surface area contributed by atoms with Gasteiger partial charge in [0.2, 0.25) is 0 Å². The zero-order valence-corrected chi connectivity index (χ0v) is 16.5. The lowest BCUT2D eigenvalue weighted by atomic mass is 9.92. The maximum atomic E-state index is 5.98. The number of furan rings is 1. The Morgan fingerprint density at radius 2 is 1.75 bits per heavy atom. The molecule has 0 unspecified atom stereocenters. The monoisotopic (exact) mass is 364 g/mol. The molecule has 0 radical (unpaired) electrons. The molecule has 0 N–H and O–H groups in total. The van der Waals surface area contributed by atoms with Crippen molar-refractivity contribution in [3.63, 3.8) is 0 Å². The molecule has 3 aromatic carbocycles. The van der Waals surface area contributed by atoms with E-state index in [1.807, 2.05) is 6.26 Å². The van der Waals surface area contributed by atoms with E-state index in [1.165, 1.54) is 50.8 Å². The quantitative estimate of drug-likeness (QED) is 0.366. The third kappa shape index (κ3) is 2.79. The number of benzene rings is 3. The van der Waals surface area contributed by atoms with Crippen LogP contribution < -0.4 is 0 Å². The van der Waals surface area contributed by atoms with Gasteiger partial charge in [-0.2, -0.15) is 0 Å². The Hall–Kier alpha value is -3.06. The van der Waals surface area contributed by atoms with Crippen molar-refractivity contribution in [3.05, 3.63) is 94.9 Å². The van der Waals surface area contributed by atoms with Crippen LogP contribution in [0.5, 0.6) is 0 Å². The number of rotatable bonds is 4. The van der Waals surface area contributed by atoms with Gasteiger partial charge in [0, 0.05) is 22.8 Å². The van der Waals surface area contributed by atoms with Crippen molar-refractivity contribution in [2.45, 2.75) is 33.1 Å². The first-order valence-corrected chi connectivity index (χ1v) is 10.1. The fourth-order valence-corrected chi connectivity index (χ4v) is 4.42. The van der Waals surface area contributed by atoms with Crippen LogP contribution in [0, 0.1) is 6.92 Å². The molecule has 5 rings (SSSR count). The summed E-state index contributed by atoms with van der Waals surface area (Å²) in [6.45, 7) is 4.44. The van der Waals surface area contributed by atoms with Crippen molar-refractivity contribution >= 4 is 22.4 Å². The first-order chi connectivity index (χ1) is 13.7. The summed E-state index contributed by atoms with van der Waals surface area (Å²) in [4.78, 5) is 0. The number of aryl methyl sites for hydroxylation is 2. The Labute approximate surface area is 166 Å². The normalized spacial score (nSPS) is 13.0. The van der Waals surface area contributed by atoms with E-state index in [0.717, 1.165) is 24.0 Å². The van der Waals surface area contributed by atoms with Gasteiger partial charge in [0.1, 0.15) is 5.76 Å². The molecule has 0 aliphatic heterocycles. The van der Waals surface area contributed by atoms with E-state index < -0.39 is 0 Å². The molecule has 4 aromatic rings. The molecule has 0 fully saturated rings. The van der Waals surface area contributed by atoms with Crippen molar-refractivity contribution in [2.75, 3.05) is 0 Å². The average molecular weight is 364 g/mol. The zero-order chi connectivity index (χ0) is 19.1. The predicted octanol–water partition coefficient (Wildman–Crippen LogP) is 7.46. The van der Waals surface area contributed by atoms with Crippen LogP contribution in [0.3, 0.4) is 0 Å². The van der Waals surface area contributed by atoms with Gasteiger partial charge in [0.15, 0.2) is 0 Å². The van der Waals surface area contributed by atoms with E-state index in [4.69, 9.17) is 4.42 Å². The minimum atomic E-state index is 0.925. The molecule has 1 aliphatic carbocycles. The van der Waals surface area contributed by atoms with Gasteiger partial charge >= 0.3 is 0 Å². The summed E-state index contributed by atoms with van der Waals surface area (Å²) in [6, 6.07) is 22.0. The summed E-state index contributed by atoms with van der Waals surface area (Å²) in [6.07, 6.45) is 7.45. The molecule has 1 heterocycles. The van der Waals surface area contributed by atoms with Crippen LogP contribution in [-0.4, -0.2) is 0 Å². The predicted molar refractivity (Wildman–Crippen MR) is 118 cm³/mol. The maximum absolute atomic E-state index is 5.98. The van der Waals surface area contributed by atoms with Crippen molar-refractivity contribution in [2.24, 2.45) is 0 Å². The van der Waals surface area contributed by atoms with Gasteiger partial charge in [-0.1, -0.05) is 74.0 Å². The smallest absolute Gasteiger partial charge is 0.138 e. The SMILES string of the molecule is CCCc1ccc(-c2c(C)ccc3c2C=C(c2occ4ccccc24)C3)cc1. The highest BCUT2D eigenvalue weighted by molar-refractivity contribution is 6.00. The molecule has 1 aliphatic rings. The van der Waals surface area contributed by atoms with Crippen molar-refractivity contribution in [1.82, 2.24) is 0 Å². The Morgan fingerprint density at radius 1 is 0.929 bits per heavy atom. The molecule has 1 nitrogen and oxygen atoms in total. The van der Waals surface area contributed by atoms with Crippen LogP contribution in [0.25, 0.3) is 33.5 Å². The zero-order valence-electron chi connectivity index (χ0n) is 16.5. The molecule has 0 saturated carbocycles. The van der Waals surface area contributed by atoms with Crippen molar-refractivity contribution < 1.29 is 4.42 Å². The number of hydrogen-bond acceptors (Lipinski definition) is 1. The van der Waals surface area contributed by atoms with Gasteiger partial charge in [-0.15, -0.1) is 0 Å². The lowest BCUT2D eigenvalue weighted by molar-refractivity contribution is 0.557. The highest BCUT2D eigenvalue weighted by Crippen LogP contribution is 2.41. The summed E-state index contributed by atoms with van der Waals surface area (Å²) >= 11 is 0. The lowest BCUT2D eigenvalue weighted by Crippen LogP contribution is -1.92. The van der Waals surface area contributed by atoms with E-state index >= 15 is 0 Å². The Morgan fingerprint density at radius 3 is 2.57 bits per heavy atom. The van der Waals surface area contributed by atoms with Crippen LogP contribution in [0.4, 0.5) is 0 Å². The summed E-state index contributed by atoms with van der Waals surface area (Å²) in [5.41, 5.74) is 9.39. The fourth-order valence-electron chi connectivity index (χ4n) is 4.42. The largest absolute Gasteiger partial charge is 0.463 e. The van der Waals surface area contributed by atoms with Crippen LogP contribution in [0.15, 0.2) is 71.3 Å². The van der Waals surface area contributed by atoms with Gasteiger partial charge < -0.3 is 4.42 Å². The molecular formula is C27H24O. The third-order valence-electron chi connectivity index (χ3n) is 5.83. The average Bonchev–Trinajstić information content (AvgIpc) is 3.33. The van der Waals surface area contributed by atoms with Crippen LogP contribution in [-0.2, 0) is 12.8 Å². The summed E-state index contributed by atoms with van der Waals surface area (Å²) in [5, 5.41) is 2.36. The van der Waals surface area contributed by atoms with E-state index in [9.17, 15) is 0 Å². The van der Waals surface area contributed by atoms with E-state index in [-0.39, 0.29) is 0 Å². The fraction of sp³-hybridized carbons (Fsp3) is 0.185. The Bertz CT molecular complexity index is 1190. The molecule has 28 heavy (non-hydrogen) atoms. The third-order valence-corrected chi connectivity index (χ3v) is 5.83. The highest BCUT2D eigenvalue weighted by Gasteiger charge is 2.22. The van der Waals surface area contributed by atoms with E-state index in [0.29, 0.717) is 0 Å². The second kappa shape index (κ2) is 6.83. The van der Waals surface area contributed by atoms with Gasteiger partial charge in [-0.25, -0.2) is 0 Å². The molecule has 1 aromatic heterocycles. The minimum Gasteiger partial charge on any atom is -0.463 e. The second-order valence-electron chi connectivity index (χ2n) is 7.78. The number of fused-ring (bicyclic) bond motifs is 2. The Balaban J connectivity index is 1.61. The number of hydrogen-bond donors (Lipinski definition) is 0.